The minimum absolute atomic E-state index is 0.479. The smallest absolute Gasteiger partial charge is 0.119 e. The van der Waals surface area contributed by atoms with Gasteiger partial charge in [0.15, 0.2) is 0 Å². The second-order valence-corrected chi connectivity index (χ2v) is 5.09. The van der Waals surface area contributed by atoms with E-state index in [0.717, 1.165) is 28.2 Å². The lowest BCUT2D eigenvalue weighted by molar-refractivity contribution is 0.173. The highest BCUT2D eigenvalue weighted by Gasteiger charge is 2.15. The molecule has 0 aliphatic carbocycles. The van der Waals surface area contributed by atoms with E-state index in [-0.39, 0.29) is 0 Å². The summed E-state index contributed by atoms with van der Waals surface area (Å²) in [7, 11) is 1.61. The number of halogens is 1. The summed E-state index contributed by atoms with van der Waals surface area (Å²) in [5, 5.41) is 10.4. The normalized spacial score (nSPS) is 12.4. The molecule has 1 unspecified atom stereocenters. The lowest BCUT2D eigenvalue weighted by atomic mass is 10.1. The van der Waals surface area contributed by atoms with Gasteiger partial charge >= 0.3 is 0 Å². The van der Waals surface area contributed by atoms with Gasteiger partial charge in [0.2, 0.25) is 0 Å². The molecule has 1 aromatic carbocycles. The number of aryl methyl sites for hydroxylation is 1. The first kappa shape index (κ1) is 14.1. The number of aromatic nitrogens is 2. The molecule has 0 amide bonds. The molecule has 1 N–H and O–H groups in total. The number of benzene rings is 1. The zero-order valence-electron chi connectivity index (χ0n) is 11.0. The summed E-state index contributed by atoms with van der Waals surface area (Å²) < 4.78 is 8.08. The Bertz CT molecular complexity index is 554. The maximum absolute atomic E-state index is 10.4. The number of hydrogen-bond donors (Lipinski definition) is 1. The molecule has 1 heterocycles. The number of methoxy groups -OCH3 is 1. The van der Waals surface area contributed by atoms with Gasteiger partial charge in [0, 0.05) is 29.8 Å². The van der Waals surface area contributed by atoms with Gasteiger partial charge in [-0.1, -0.05) is 15.9 Å². The fraction of sp³-hybridized carbons (Fsp3) is 0.357. The number of ether oxygens (including phenoxy) is 1. The summed E-state index contributed by atoms with van der Waals surface area (Å²) >= 11 is 3.46. The average molecular weight is 325 g/mol. The third kappa shape index (κ3) is 3.16. The van der Waals surface area contributed by atoms with Crippen LogP contribution in [0.5, 0.6) is 5.75 Å². The van der Waals surface area contributed by atoms with Crippen molar-refractivity contribution in [3.63, 3.8) is 0 Å². The highest BCUT2D eigenvalue weighted by Crippen LogP contribution is 2.29. The molecule has 4 nitrogen and oxygen atoms in total. The zero-order chi connectivity index (χ0) is 13.8. The second kappa shape index (κ2) is 6.21. The molecule has 5 heteroatoms. The largest absolute Gasteiger partial charge is 0.497 e. The number of aliphatic hydroxyl groups is 1. The summed E-state index contributed by atoms with van der Waals surface area (Å²) in [5.41, 5.74) is 0.810. The van der Waals surface area contributed by atoms with Crippen molar-refractivity contribution >= 4 is 15.9 Å². The Balaban J connectivity index is 2.22. The Morgan fingerprint density at radius 2 is 2.26 bits per heavy atom. The molecule has 1 atom stereocenters. The van der Waals surface area contributed by atoms with Gasteiger partial charge in [0.05, 0.1) is 13.2 Å². The molecule has 0 aliphatic heterocycles. The van der Waals surface area contributed by atoms with E-state index in [4.69, 9.17) is 4.74 Å². The second-order valence-electron chi connectivity index (χ2n) is 4.24. The zero-order valence-corrected chi connectivity index (χ0v) is 12.6. The van der Waals surface area contributed by atoms with Gasteiger partial charge in [-0.15, -0.1) is 0 Å². The van der Waals surface area contributed by atoms with E-state index in [1.54, 1.807) is 13.3 Å². The molecule has 2 rings (SSSR count). The highest BCUT2D eigenvalue weighted by molar-refractivity contribution is 9.10. The lowest BCUT2D eigenvalue weighted by Crippen LogP contribution is -2.09. The minimum Gasteiger partial charge on any atom is -0.497 e. The molecular weight excluding hydrogens is 308 g/mol. The first-order valence-corrected chi connectivity index (χ1v) is 6.96. The van der Waals surface area contributed by atoms with Crippen molar-refractivity contribution in [2.24, 2.45) is 0 Å². The van der Waals surface area contributed by atoms with Crippen LogP contribution in [0.2, 0.25) is 0 Å². The molecule has 102 valence electrons. The summed E-state index contributed by atoms with van der Waals surface area (Å²) in [6.45, 7) is 2.90. The predicted octanol–water partition coefficient (Wildman–Crippen LogP) is 2.95. The molecular formula is C14H17BrN2O2. The van der Waals surface area contributed by atoms with Crippen molar-refractivity contribution in [2.45, 2.75) is 26.0 Å². The van der Waals surface area contributed by atoms with Crippen molar-refractivity contribution in [3.8, 4) is 5.75 Å². The monoisotopic (exact) mass is 324 g/mol. The van der Waals surface area contributed by atoms with E-state index < -0.39 is 6.10 Å². The molecule has 0 aliphatic rings. The van der Waals surface area contributed by atoms with Crippen LogP contribution in [-0.2, 0) is 13.0 Å². The molecule has 0 fully saturated rings. The van der Waals surface area contributed by atoms with Crippen molar-refractivity contribution in [1.82, 2.24) is 9.55 Å². The van der Waals surface area contributed by atoms with Gasteiger partial charge in [-0.2, -0.15) is 0 Å². The molecule has 1 aromatic heterocycles. The molecule has 0 radical (unpaired) electrons. The van der Waals surface area contributed by atoms with Crippen LogP contribution in [0.25, 0.3) is 0 Å². The minimum atomic E-state index is -0.614. The molecule has 0 bridgehead atoms. The number of hydrogen-bond acceptors (Lipinski definition) is 3. The van der Waals surface area contributed by atoms with Crippen molar-refractivity contribution in [1.29, 1.82) is 0 Å². The Morgan fingerprint density at radius 1 is 1.47 bits per heavy atom. The van der Waals surface area contributed by atoms with E-state index in [9.17, 15) is 5.11 Å². The van der Waals surface area contributed by atoms with Crippen LogP contribution in [0.15, 0.2) is 35.1 Å². The Kier molecular flexibility index (Phi) is 4.61. The summed E-state index contributed by atoms with van der Waals surface area (Å²) in [6, 6.07) is 5.57. The Morgan fingerprint density at radius 3 is 2.95 bits per heavy atom. The Labute approximate surface area is 121 Å². The number of aliphatic hydroxyl groups excluding tert-OH is 1. The van der Waals surface area contributed by atoms with Crippen molar-refractivity contribution in [2.75, 3.05) is 7.11 Å². The third-order valence-electron chi connectivity index (χ3n) is 3.08. The topological polar surface area (TPSA) is 47.3 Å². The first-order chi connectivity index (χ1) is 9.15. The quantitative estimate of drug-likeness (QED) is 0.919. The number of nitrogens with zero attached hydrogens (tertiary/aromatic N) is 2. The predicted molar refractivity (Wildman–Crippen MR) is 77.3 cm³/mol. The fourth-order valence-electron chi connectivity index (χ4n) is 2.00. The van der Waals surface area contributed by atoms with Crippen LogP contribution < -0.4 is 4.74 Å². The first-order valence-electron chi connectivity index (χ1n) is 6.17. The maximum atomic E-state index is 10.4. The Hall–Kier alpha value is -1.33. The molecule has 0 saturated carbocycles. The van der Waals surface area contributed by atoms with E-state index in [1.165, 1.54) is 0 Å². The SMILES string of the molecule is CCn1ccnc1CC(O)c1cc(OC)ccc1Br. The van der Waals surface area contributed by atoms with Crippen LogP contribution in [-0.4, -0.2) is 21.8 Å². The summed E-state index contributed by atoms with van der Waals surface area (Å²) in [4.78, 5) is 4.28. The van der Waals surface area contributed by atoms with Crippen LogP contribution in [0.4, 0.5) is 0 Å². The summed E-state index contributed by atoms with van der Waals surface area (Å²) in [6.07, 6.45) is 3.54. The highest BCUT2D eigenvalue weighted by atomic mass is 79.9. The van der Waals surface area contributed by atoms with Crippen LogP contribution in [0.1, 0.15) is 24.4 Å². The van der Waals surface area contributed by atoms with Gasteiger partial charge in [-0.3, -0.25) is 0 Å². The van der Waals surface area contributed by atoms with E-state index in [1.807, 2.05) is 29.0 Å². The number of rotatable bonds is 5. The van der Waals surface area contributed by atoms with Gasteiger partial charge in [-0.25, -0.2) is 4.98 Å². The molecule has 0 spiro atoms. The number of imidazole rings is 1. The standard InChI is InChI=1S/C14H17BrN2O2/c1-3-17-7-6-16-14(17)9-13(18)11-8-10(19-2)4-5-12(11)15/h4-8,13,18H,3,9H2,1-2H3. The van der Waals surface area contributed by atoms with Crippen LogP contribution in [0.3, 0.4) is 0 Å². The third-order valence-corrected chi connectivity index (χ3v) is 3.80. The van der Waals surface area contributed by atoms with Crippen molar-refractivity contribution < 1.29 is 9.84 Å². The maximum Gasteiger partial charge on any atom is 0.119 e. The van der Waals surface area contributed by atoms with Gasteiger partial charge in [0.25, 0.3) is 0 Å². The van der Waals surface area contributed by atoms with Gasteiger partial charge in [-0.05, 0) is 30.7 Å². The van der Waals surface area contributed by atoms with E-state index >= 15 is 0 Å². The molecule has 19 heavy (non-hydrogen) atoms. The summed E-state index contributed by atoms with van der Waals surface area (Å²) in [5.74, 6) is 1.61. The fourth-order valence-corrected chi connectivity index (χ4v) is 2.52. The molecule has 2 aromatic rings. The van der Waals surface area contributed by atoms with E-state index in [0.29, 0.717) is 6.42 Å². The van der Waals surface area contributed by atoms with E-state index in [2.05, 4.69) is 27.8 Å². The lowest BCUT2D eigenvalue weighted by Gasteiger charge is -2.14. The van der Waals surface area contributed by atoms with Gasteiger partial charge in [0.1, 0.15) is 11.6 Å². The molecule has 0 saturated heterocycles. The van der Waals surface area contributed by atoms with Crippen LogP contribution >= 0.6 is 15.9 Å². The van der Waals surface area contributed by atoms with Crippen LogP contribution in [0, 0.1) is 0 Å². The average Bonchev–Trinajstić information content (AvgIpc) is 2.86. The van der Waals surface area contributed by atoms with Crippen molar-refractivity contribution in [3.05, 3.63) is 46.5 Å². The van der Waals surface area contributed by atoms with Gasteiger partial charge < -0.3 is 14.4 Å².